The van der Waals surface area contributed by atoms with Crippen LogP contribution in [-0.2, 0) is 19.2 Å². The molecule has 0 atom stereocenters. The Labute approximate surface area is 79.0 Å². The molecule has 0 fully saturated rings. The molecule has 3 N–H and O–H groups in total. The van der Waals surface area contributed by atoms with Crippen LogP contribution in [0, 0.1) is 0 Å². The maximum Gasteiger partial charge on any atom is 0.372 e. The number of carboxylic acids is 3. The average Bonchev–Trinajstić information content (AvgIpc) is 2.04. The molecule has 0 aromatic carbocycles. The summed E-state index contributed by atoms with van der Waals surface area (Å²) in [6.07, 6.45) is -0.727. The van der Waals surface area contributed by atoms with Crippen molar-refractivity contribution < 1.29 is 34.5 Å². The van der Waals surface area contributed by atoms with E-state index in [0.29, 0.717) is 0 Å². The number of aliphatic carboxylic acids is 3. The summed E-state index contributed by atoms with van der Waals surface area (Å²) in [7, 11) is 0. The SMILES string of the molecule is CCC(=O)O.O=C(O)CC(=O)C(=O)O. The lowest BCUT2D eigenvalue weighted by Gasteiger charge is -1.85. The van der Waals surface area contributed by atoms with Crippen LogP contribution >= 0.6 is 0 Å². The molecule has 0 aromatic heterocycles. The largest absolute Gasteiger partial charge is 0.481 e. The lowest BCUT2D eigenvalue weighted by atomic mass is 10.3. The van der Waals surface area contributed by atoms with Crippen molar-refractivity contribution in [1.29, 1.82) is 0 Å². The van der Waals surface area contributed by atoms with Gasteiger partial charge in [-0.05, 0) is 0 Å². The van der Waals surface area contributed by atoms with E-state index in [1.807, 2.05) is 0 Å². The number of hydrogen-bond acceptors (Lipinski definition) is 4. The molecule has 7 nitrogen and oxygen atoms in total. The summed E-state index contributed by atoms with van der Waals surface area (Å²) in [4.78, 5) is 38.6. The number of carboxylic acid groups (broad SMARTS) is 3. The van der Waals surface area contributed by atoms with E-state index < -0.39 is 30.1 Å². The van der Waals surface area contributed by atoms with Gasteiger partial charge >= 0.3 is 17.9 Å². The van der Waals surface area contributed by atoms with Crippen LogP contribution in [-0.4, -0.2) is 39.0 Å². The van der Waals surface area contributed by atoms with Gasteiger partial charge < -0.3 is 15.3 Å². The molecule has 0 bridgehead atoms. The molecule has 14 heavy (non-hydrogen) atoms. The molecular weight excluding hydrogens is 196 g/mol. The Hall–Kier alpha value is -1.92. The zero-order valence-electron chi connectivity index (χ0n) is 7.39. The van der Waals surface area contributed by atoms with Crippen LogP contribution < -0.4 is 0 Å². The second kappa shape index (κ2) is 7.71. The standard InChI is InChI=1S/C4H4O5.C3H6O2/c5-2(4(8)9)1-3(6)7;1-2-3(4)5/h1H2,(H,6,7)(H,8,9);2H2,1H3,(H,4,5). The summed E-state index contributed by atoms with van der Waals surface area (Å²) in [5.41, 5.74) is 0. The number of ketones is 1. The van der Waals surface area contributed by atoms with Gasteiger partial charge in [0, 0.05) is 6.42 Å². The summed E-state index contributed by atoms with van der Waals surface area (Å²) in [6, 6.07) is 0. The molecule has 0 aliphatic heterocycles. The second-order valence-electron chi connectivity index (χ2n) is 2.05. The van der Waals surface area contributed by atoms with Crippen molar-refractivity contribution in [3.8, 4) is 0 Å². The maximum atomic E-state index is 9.97. The number of Topliss-reactive ketones (excluding diaryl/α,β-unsaturated/α-hetero) is 1. The molecule has 0 heterocycles. The molecule has 0 amide bonds. The van der Waals surface area contributed by atoms with Crippen LogP contribution in [0.5, 0.6) is 0 Å². The fraction of sp³-hybridized carbons (Fsp3) is 0.429. The first kappa shape index (κ1) is 14.6. The number of carbonyl (C=O) groups is 4. The summed E-state index contributed by atoms with van der Waals surface area (Å²) >= 11 is 0. The van der Waals surface area contributed by atoms with Gasteiger partial charge in [0.05, 0.1) is 0 Å². The summed E-state index contributed by atoms with van der Waals surface area (Å²) in [5.74, 6) is -5.19. The zero-order chi connectivity index (χ0) is 11.7. The molecule has 7 heteroatoms. The van der Waals surface area contributed by atoms with E-state index in [1.54, 1.807) is 6.92 Å². The first-order valence-electron chi connectivity index (χ1n) is 3.51. The molecule has 0 aliphatic carbocycles. The minimum absolute atomic E-state index is 0.222. The lowest BCUT2D eigenvalue weighted by molar-refractivity contribution is -0.152. The van der Waals surface area contributed by atoms with Crippen molar-refractivity contribution in [2.45, 2.75) is 19.8 Å². The van der Waals surface area contributed by atoms with Crippen LogP contribution in [0.4, 0.5) is 0 Å². The van der Waals surface area contributed by atoms with Crippen LogP contribution in [0.1, 0.15) is 19.8 Å². The van der Waals surface area contributed by atoms with Crippen molar-refractivity contribution >= 4 is 23.7 Å². The van der Waals surface area contributed by atoms with Gasteiger partial charge in [0.2, 0.25) is 0 Å². The Morgan fingerprint density at radius 3 is 1.36 bits per heavy atom. The normalized spacial score (nSPS) is 8.07. The van der Waals surface area contributed by atoms with Crippen molar-refractivity contribution in [3.05, 3.63) is 0 Å². The van der Waals surface area contributed by atoms with Crippen LogP contribution in [0.3, 0.4) is 0 Å². The van der Waals surface area contributed by atoms with E-state index in [2.05, 4.69) is 0 Å². The number of rotatable bonds is 4. The Balaban J connectivity index is 0. The maximum absolute atomic E-state index is 9.97. The van der Waals surface area contributed by atoms with E-state index in [1.165, 1.54) is 0 Å². The van der Waals surface area contributed by atoms with Crippen LogP contribution in [0.15, 0.2) is 0 Å². The number of hydrogen-bond donors (Lipinski definition) is 3. The molecule has 80 valence electrons. The average molecular weight is 206 g/mol. The summed E-state index contributed by atoms with van der Waals surface area (Å²) in [6.45, 7) is 1.60. The van der Waals surface area contributed by atoms with Gasteiger partial charge in [-0.1, -0.05) is 6.92 Å². The minimum Gasteiger partial charge on any atom is -0.481 e. The predicted molar refractivity (Wildman–Crippen MR) is 42.8 cm³/mol. The fourth-order valence-electron chi connectivity index (χ4n) is 0.213. The third-order valence-electron chi connectivity index (χ3n) is 0.853. The Morgan fingerprint density at radius 1 is 0.929 bits per heavy atom. The first-order chi connectivity index (χ1) is 6.31. The molecule has 0 saturated heterocycles. The molecule has 0 spiro atoms. The highest BCUT2D eigenvalue weighted by molar-refractivity contribution is 6.35. The smallest absolute Gasteiger partial charge is 0.372 e. The molecular formula is C7H10O7. The molecule has 0 saturated carbocycles. The van der Waals surface area contributed by atoms with E-state index in [4.69, 9.17) is 15.3 Å². The van der Waals surface area contributed by atoms with Gasteiger partial charge in [0.15, 0.2) is 0 Å². The molecule has 0 radical (unpaired) electrons. The van der Waals surface area contributed by atoms with Gasteiger partial charge in [-0.25, -0.2) is 4.79 Å². The van der Waals surface area contributed by atoms with Gasteiger partial charge in [-0.15, -0.1) is 0 Å². The van der Waals surface area contributed by atoms with Crippen molar-refractivity contribution in [2.75, 3.05) is 0 Å². The van der Waals surface area contributed by atoms with Crippen molar-refractivity contribution in [2.24, 2.45) is 0 Å². The number of carbonyl (C=O) groups excluding carboxylic acids is 1. The minimum atomic E-state index is -1.71. The molecule has 0 rings (SSSR count). The van der Waals surface area contributed by atoms with E-state index >= 15 is 0 Å². The quantitative estimate of drug-likeness (QED) is 0.421. The van der Waals surface area contributed by atoms with Crippen LogP contribution in [0.2, 0.25) is 0 Å². The first-order valence-corrected chi connectivity index (χ1v) is 3.51. The monoisotopic (exact) mass is 206 g/mol. The van der Waals surface area contributed by atoms with E-state index in [0.717, 1.165) is 0 Å². The Morgan fingerprint density at radius 2 is 1.29 bits per heavy atom. The van der Waals surface area contributed by atoms with Gasteiger partial charge in [0.1, 0.15) is 6.42 Å². The molecule has 0 aliphatic rings. The Bertz CT molecular complexity index is 242. The van der Waals surface area contributed by atoms with E-state index in [-0.39, 0.29) is 6.42 Å². The van der Waals surface area contributed by atoms with Crippen molar-refractivity contribution in [3.63, 3.8) is 0 Å². The zero-order valence-corrected chi connectivity index (χ0v) is 7.39. The summed E-state index contributed by atoms with van der Waals surface area (Å²) < 4.78 is 0. The third-order valence-corrected chi connectivity index (χ3v) is 0.853. The highest BCUT2D eigenvalue weighted by atomic mass is 16.4. The summed E-state index contributed by atoms with van der Waals surface area (Å²) in [5, 5.41) is 23.4. The van der Waals surface area contributed by atoms with Crippen LogP contribution in [0.25, 0.3) is 0 Å². The molecule has 0 unspecified atom stereocenters. The highest BCUT2D eigenvalue weighted by Gasteiger charge is 2.14. The van der Waals surface area contributed by atoms with Crippen molar-refractivity contribution in [1.82, 2.24) is 0 Å². The van der Waals surface area contributed by atoms with Gasteiger partial charge in [-0.3, -0.25) is 14.4 Å². The topological polar surface area (TPSA) is 129 Å². The second-order valence-corrected chi connectivity index (χ2v) is 2.05. The Kier molecular flexibility index (Phi) is 8.04. The fourth-order valence-corrected chi connectivity index (χ4v) is 0.213. The third kappa shape index (κ3) is 12.7. The van der Waals surface area contributed by atoms with Gasteiger partial charge in [0.25, 0.3) is 5.78 Å². The molecule has 0 aromatic rings. The predicted octanol–water partition coefficient (Wildman–Crippen LogP) is -0.404. The van der Waals surface area contributed by atoms with Gasteiger partial charge in [-0.2, -0.15) is 0 Å². The highest BCUT2D eigenvalue weighted by Crippen LogP contribution is 1.81. The lowest BCUT2D eigenvalue weighted by Crippen LogP contribution is -2.16. The van der Waals surface area contributed by atoms with E-state index in [9.17, 15) is 19.2 Å².